The second kappa shape index (κ2) is 4.70. The molecule has 1 heteroatoms. The van der Waals surface area contributed by atoms with Crippen molar-refractivity contribution < 1.29 is 0 Å². The van der Waals surface area contributed by atoms with Crippen LogP contribution in [0, 0.1) is 0 Å². The van der Waals surface area contributed by atoms with Gasteiger partial charge < -0.3 is 0 Å². The lowest BCUT2D eigenvalue weighted by Gasteiger charge is -1.69. The molecule has 0 atom stereocenters. The van der Waals surface area contributed by atoms with Gasteiger partial charge >= 0.3 is 0 Å². The Hall–Kier alpha value is -0.303. The smallest absolute Gasteiger partial charge is 0.0596 e. The lowest BCUT2D eigenvalue weighted by atomic mass is 10.4. The number of allylic oxidation sites excluding steroid dienone is 2. The van der Waals surface area contributed by atoms with Crippen molar-refractivity contribution in [1.82, 2.24) is 0 Å². The summed E-state index contributed by atoms with van der Waals surface area (Å²) in [5.74, 6) is 0. The van der Waals surface area contributed by atoms with E-state index in [0.29, 0.717) is 0 Å². The van der Waals surface area contributed by atoms with Crippen molar-refractivity contribution in [2.75, 3.05) is 0 Å². The van der Waals surface area contributed by atoms with E-state index in [1.165, 1.54) is 0 Å². The molecule has 0 saturated heterocycles. The third kappa shape index (κ3) is 3.70. The second-order valence-electron chi connectivity index (χ2n) is 0.927. The van der Waals surface area contributed by atoms with E-state index in [9.17, 15) is 0 Å². The maximum atomic E-state index is 3.53. The predicted molar refractivity (Wildman–Crippen MR) is 29.7 cm³/mol. The van der Waals surface area contributed by atoms with Crippen molar-refractivity contribution in [3.63, 3.8) is 0 Å². The normalized spacial score (nSPS) is 9.50. The molecule has 0 aliphatic rings. The van der Waals surface area contributed by atoms with E-state index < -0.39 is 0 Å². The SMILES string of the molecule is C=CCC=C[Si]. The molecule has 31 valence electrons. The number of hydrogen-bond donors (Lipinski definition) is 0. The van der Waals surface area contributed by atoms with Crippen molar-refractivity contribution in [1.29, 1.82) is 0 Å². The zero-order valence-electron chi connectivity index (χ0n) is 3.65. The first kappa shape index (κ1) is 5.70. The van der Waals surface area contributed by atoms with Crippen LogP contribution in [0.2, 0.25) is 0 Å². The highest BCUT2D eigenvalue weighted by Crippen LogP contribution is 1.77. The fourth-order valence-corrected chi connectivity index (χ4v) is 0.300. The van der Waals surface area contributed by atoms with E-state index in [-0.39, 0.29) is 0 Å². The Bertz CT molecular complexity index is 55.0. The van der Waals surface area contributed by atoms with E-state index >= 15 is 0 Å². The number of rotatable bonds is 2. The van der Waals surface area contributed by atoms with Gasteiger partial charge in [0.1, 0.15) is 0 Å². The highest BCUT2D eigenvalue weighted by atomic mass is 28.1. The van der Waals surface area contributed by atoms with Crippen LogP contribution in [0.1, 0.15) is 6.42 Å². The Morgan fingerprint density at radius 1 is 1.67 bits per heavy atom. The van der Waals surface area contributed by atoms with Gasteiger partial charge in [0.25, 0.3) is 0 Å². The maximum Gasteiger partial charge on any atom is 0.0596 e. The van der Waals surface area contributed by atoms with Crippen molar-refractivity contribution in [3.8, 4) is 0 Å². The summed E-state index contributed by atoms with van der Waals surface area (Å²) in [6.07, 6.45) is 4.77. The first-order valence-corrected chi connectivity index (χ1v) is 2.42. The molecular weight excluding hydrogens is 88.1 g/mol. The van der Waals surface area contributed by atoms with Crippen molar-refractivity contribution in [3.05, 3.63) is 24.4 Å². The molecule has 0 aliphatic heterocycles. The molecule has 0 amide bonds. The van der Waals surface area contributed by atoms with Gasteiger partial charge in [0, 0.05) is 0 Å². The number of hydrogen-bond acceptors (Lipinski definition) is 0. The predicted octanol–water partition coefficient (Wildman–Crippen LogP) is 1.24. The Balaban J connectivity index is 2.85. The van der Waals surface area contributed by atoms with E-state index in [1.54, 1.807) is 0 Å². The van der Waals surface area contributed by atoms with Crippen molar-refractivity contribution in [2.45, 2.75) is 6.42 Å². The Labute approximate surface area is 42.0 Å². The van der Waals surface area contributed by atoms with Gasteiger partial charge in [-0.15, -0.1) is 12.3 Å². The summed E-state index contributed by atoms with van der Waals surface area (Å²) in [7, 11) is 3.16. The quantitative estimate of drug-likeness (QED) is 0.357. The molecule has 6 heavy (non-hydrogen) atoms. The third-order valence-electron chi connectivity index (χ3n) is 0.421. The molecule has 0 unspecified atom stereocenters. The largest absolute Gasteiger partial charge is 0.106 e. The summed E-state index contributed by atoms with van der Waals surface area (Å²) >= 11 is 0. The van der Waals surface area contributed by atoms with E-state index in [0.717, 1.165) is 6.42 Å². The summed E-state index contributed by atoms with van der Waals surface area (Å²) in [5, 5.41) is 0. The highest BCUT2D eigenvalue weighted by Gasteiger charge is 1.57. The average Bonchev–Trinajstić information content (AvgIpc) is 1.61. The molecule has 0 N–H and O–H groups in total. The monoisotopic (exact) mass is 95.0 g/mol. The van der Waals surface area contributed by atoms with Crippen LogP contribution in [0.4, 0.5) is 0 Å². The molecule has 0 aromatic heterocycles. The van der Waals surface area contributed by atoms with Crippen LogP contribution in [0.25, 0.3) is 0 Å². The van der Waals surface area contributed by atoms with Gasteiger partial charge in [0.15, 0.2) is 0 Å². The minimum atomic E-state index is 0.948. The molecule has 0 rings (SSSR count). The lowest BCUT2D eigenvalue weighted by molar-refractivity contribution is 1.42. The molecule has 0 aliphatic carbocycles. The lowest BCUT2D eigenvalue weighted by Crippen LogP contribution is -1.52. The summed E-state index contributed by atoms with van der Waals surface area (Å²) in [6, 6.07) is 0. The molecule has 0 saturated carbocycles. The molecule has 0 heterocycles. The van der Waals surface area contributed by atoms with Crippen LogP contribution in [-0.4, -0.2) is 10.2 Å². The topological polar surface area (TPSA) is 0 Å². The first-order chi connectivity index (χ1) is 2.91. The summed E-state index contributed by atoms with van der Waals surface area (Å²) < 4.78 is 0. The zero-order valence-corrected chi connectivity index (χ0v) is 4.65. The van der Waals surface area contributed by atoms with Crippen LogP contribution in [0.5, 0.6) is 0 Å². The Morgan fingerprint density at radius 2 is 2.33 bits per heavy atom. The molecule has 0 aromatic rings. The van der Waals surface area contributed by atoms with E-state index in [2.05, 4.69) is 16.8 Å². The summed E-state index contributed by atoms with van der Waals surface area (Å²) in [5.41, 5.74) is 1.82. The van der Waals surface area contributed by atoms with Gasteiger partial charge in [-0.25, -0.2) is 0 Å². The highest BCUT2D eigenvalue weighted by molar-refractivity contribution is 6.16. The van der Waals surface area contributed by atoms with Crippen molar-refractivity contribution >= 4 is 10.2 Å². The first-order valence-electron chi connectivity index (χ1n) is 1.85. The third-order valence-corrected chi connectivity index (χ3v) is 0.656. The molecule has 0 nitrogen and oxygen atoms in total. The maximum absolute atomic E-state index is 3.53. The molecule has 0 aromatic carbocycles. The Morgan fingerprint density at radius 3 is 2.50 bits per heavy atom. The summed E-state index contributed by atoms with van der Waals surface area (Å²) in [4.78, 5) is 0. The fraction of sp³-hybridized carbons (Fsp3) is 0.200. The van der Waals surface area contributed by atoms with Gasteiger partial charge in [-0.1, -0.05) is 12.2 Å². The van der Waals surface area contributed by atoms with Crippen LogP contribution in [-0.2, 0) is 0 Å². The Kier molecular flexibility index (Phi) is 4.46. The summed E-state index contributed by atoms with van der Waals surface area (Å²) in [6.45, 7) is 3.53. The molecule has 0 bridgehead atoms. The average molecular weight is 95.2 g/mol. The minimum Gasteiger partial charge on any atom is -0.106 e. The van der Waals surface area contributed by atoms with Crippen molar-refractivity contribution in [2.24, 2.45) is 0 Å². The van der Waals surface area contributed by atoms with Crippen LogP contribution < -0.4 is 0 Å². The second-order valence-corrected chi connectivity index (χ2v) is 1.26. The minimum absolute atomic E-state index is 0.948. The fourth-order valence-electron chi connectivity index (χ4n) is 0.164. The molecule has 0 fully saturated rings. The van der Waals surface area contributed by atoms with Crippen LogP contribution in [0.3, 0.4) is 0 Å². The molecule has 0 spiro atoms. The standard InChI is InChI=1S/C5H7Si/c1-2-3-4-5-6/h2,4-5H,1,3H2. The van der Waals surface area contributed by atoms with Gasteiger partial charge in [0.2, 0.25) is 0 Å². The van der Waals surface area contributed by atoms with E-state index in [1.807, 2.05) is 17.9 Å². The zero-order chi connectivity index (χ0) is 4.83. The van der Waals surface area contributed by atoms with Gasteiger partial charge in [-0.05, 0) is 6.42 Å². The van der Waals surface area contributed by atoms with Crippen LogP contribution in [0.15, 0.2) is 24.4 Å². The van der Waals surface area contributed by atoms with Crippen LogP contribution >= 0.6 is 0 Å². The van der Waals surface area contributed by atoms with Gasteiger partial charge in [-0.2, -0.15) is 0 Å². The van der Waals surface area contributed by atoms with Gasteiger partial charge in [-0.3, -0.25) is 0 Å². The van der Waals surface area contributed by atoms with E-state index in [4.69, 9.17) is 0 Å². The molecular formula is C5H7Si. The van der Waals surface area contributed by atoms with Gasteiger partial charge in [0.05, 0.1) is 10.2 Å². The molecule has 3 radical (unpaired) electrons.